The highest BCUT2D eigenvalue weighted by Gasteiger charge is 2.34. The first-order chi connectivity index (χ1) is 9.91. The highest BCUT2D eigenvalue weighted by Crippen LogP contribution is 2.25. The fraction of sp³-hybridized carbons (Fsp3) is 0.588. The largest absolute Gasteiger partial charge is 0.469 e. The van der Waals surface area contributed by atoms with Gasteiger partial charge in [-0.15, -0.1) is 0 Å². The highest BCUT2D eigenvalue weighted by atomic mass is 16.5. The smallest absolute Gasteiger partial charge is 0.314 e. The molecular formula is C17H25NO3. The first-order valence-corrected chi connectivity index (χ1v) is 7.44. The van der Waals surface area contributed by atoms with Crippen LogP contribution in [0.2, 0.25) is 0 Å². The first-order valence-electron chi connectivity index (χ1n) is 7.44. The number of nitrogens with zero attached hydrogens (tertiary/aromatic N) is 1. The minimum atomic E-state index is -0.253. The van der Waals surface area contributed by atoms with E-state index in [4.69, 9.17) is 9.47 Å². The maximum Gasteiger partial charge on any atom is 0.314 e. The summed E-state index contributed by atoms with van der Waals surface area (Å²) in [4.78, 5) is 14.4. The van der Waals surface area contributed by atoms with Crippen molar-refractivity contribution < 1.29 is 14.3 Å². The van der Waals surface area contributed by atoms with Crippen LogP contribution >= 0.6 is 0 Å². The van der Waals surface area contributed by atoms with Crippen molar-refractivity contribution in [3.8, 4) is 0 Å². The predicted octanol–water partition coefficient (Wildman–Crippen LogP) is 2.44. The molecule has 0 N–H and O–H groups in total. The van der Waals surface area contributed by atoms with Crippen LogP contribution in [-0.2, 0) is 14.3 Å². The summed E-state index contributed by atoms with van der Waals surface area (Å²) in [6, 6.07) is 9.83. The van der Waals surface area contributed by atoms with Crippen molar-refractivity contribution in [1.29, 1.82) is 0 Å². The molecule has 1 saturated heterocycles. The Morgan fingerprint density at radius 3 is 2.67 bits per heavy atom. The molecule has 4 heteroatoms. The third kappa shape index (κ3) is 4.29. The zero-order valence-corrected chi connectivity index (χ0v) is 13.3. The lowest BCUT2D eigenvalue weighted by Crippen LogP contribution is -2.53. The van der Waals surface area contributed by atoms with E-state index < -0.39 is 0 Å². The lowest BCUT2D eigenvalue weighted by atomic mass is 9.96. The molecule has 21 heavy (non-hydrogen) atoms. The fourth-order valence-corrected chi connectivity index (χ4v) is 3.13. The Morgan fingerprint density at radius 2 is 2.10 bits per heavy atom. The first kappa shape index (κ1) is 16.0. The molecule has 0 bridgehead atoms. The molecule has 0 saturated carbocycles. The van der Waals surface area contributed by atoms with Gasteiger partial charge in [-0.05, 0) is 26.3 Å². The molecule has 2 rings (SSSR count). The van der Waals surface area contributed by atoms with E-state index in [1.807, 2.05) is 30.3 Å². The van der Waals surface area contributed by atoms with Gasteiger partial charge in [0.2, 0.25) is 0 Å². The number of esters is 1. The van der Waals surface area contributed by atoms with Crippen LogP contribution in [0.3, 0.4) is 0 Å². The normalized spacial score (nSPS) is 23.5. The number of carbonyl (C=O) groups excluding carboxylic acids is 1. The Balaban J connectivity index is 2.14. The van der Waals surface area contributed by atoms with Gasteiger partial charge in [0.1, 0.15) is 0 Å². The molecule has 2 atom stereocenters. The monoisotopic (exact) mass is 291 g/mol. The van der Waals surface area contributed by atoms with Gasteiger partial charge in [0.05, 0.1) is 24.7 Å². The van der Waals surface area contributed by atoms with Gasteiger partial charge in [0.15, 0.2) is 0 Å². The number of carbonyl (C=O) groups is 1. The van der Waals surface area contributed by atoms with Crippen LogP contribution in [0.15, 0.2) is 30.3 Å². The van der Waals surface area contributed by atoms with E-state index in [0.29, 0.717) is 6.54 Å². The summed E-state index contributed by atoms with van der Waals surface area (Å²) >= 11 is 0. The maximum atomic E-state index is 12.1. The van der Waals surface area contributed by atoms with Crippen molar-refractivity contribution in [2.24, 2.45) is 0 Å². The molecule has 1 fully saturated rings. The second kappa shape index (κ2) is 6.58. The van der Waals surface area contributed by atoms with Gasteiger partial charge in [0.25, 0.3) is 0 Å². The summed E-state index contributed by atoms with van der Waals surface area (Å²) in [6.45, 7) is 8.56. The summed E-state index contributed by atoms with van der Waals surface area (Å²) in [5.74, 6) is -0.435. The molecule has 1 aliphatic heterocycles. The topological polar surface area (TPSA) is 38.8 Å². The molecule has 116 valence electrons. The van der Waals surface area contributed by atoms with Crippen molar-refractivity contribution in [2.75, 3.05) is 26.7 Å². The van der Waals surface area contributed by atoms with Crippen LogP contribution in [0.1, 0.15) is 32.3 Å². The molecule has 0 aliphatic carbocycles. The van der Waals surface area contributed by atoms with Crippen molar-refractivity contribution >= 4 is 5.97 Å². The number of hydrogen-bond acceptors (Lipinski definition) is 4. The quantitative estimate of drug-likeness (QED) is 0.799. The molecule has 0 spiro atoms. The molecule has 1 aliphatic rings. The average Bonchev–Trinajstić information content (AvgIpc) is 2.43. The van der Waals surface area contributed by atoms with E-state index in [-0.39, 0.29) is 23.6 Å². The van der Waals surface area contributed by atoms with Gasteiger partial charge in [-0.3, -0.25) is 9.69 Å². The van der Waals surface area contributed by atoms with Crippen molar-refractivity contribution in [3.63, 3.8) is 0 Å². The molecular weight excluding hydrogens is 266 g/mol. The van der Waals surface area contributed by atoms with Gasteiger partial charge < -0.3 is 9.47 Å². The number of hydrogen-bond donors (Lipinski definition) is 0. The van der Waals surface area contributed by atoms with E-state index in [1.54, 1.807) is 0 Å². The molecule has 2 unspecified atom stereocenters. The molecule has 1 aromatic rings. The Morgan fingerprint density at radius 1 is 1.43 bits per heavy atom. The second-order valence-electron chi connectivity index (χ2n) is 6.37. The molecule has 1 aromatic carbocycles. The van der Waals surface area contributed by atoms with E-state index >= 15 is 0 Å². The van der Waals surface area contributed by atoms with Gasteiger partial charge in [-0.1, -0.05) is 30.3 Å². The molecule has 4 nitrogen and oxygen atoms in total. The summed E-state index contributed by atoms with van der Waals surface area (Å²) in [6.07, 6.45) is 0.169. The Kier molecular flexibility index (Phi) is 5.01. The molecule has 0 aromatic heterocycles. The number of methoxy groups -OCH3 is 1. The highest BCUT2D eigenvalue weighted by molar-refractivity contribution is 5.78. The molecule has 0 amide bonds. The van der Waals surface area contributed by atoms with Crippen LogP contribution < -0.4 is 0 Å². The predicted molar refractivity (Wildman–Crippen MR) is 82.3 cm³/mol. The molecule has 0 radical (unpaired) electrons. The third-order valence-electron chi connectivity index (χ3n) is 3.77. The van der Waals surface area contributed by atoms with Crippen LogP contribution in [0.25, 0.3) is 0 Å². The summed E-state index contributed by atoms with van der Waals surface area (Å²) in [5.41, 5.74) is 0.816. The summed E-state index contributed by atoms with van der Waals surface area (Å²) < 4.78 is 10.9. The Labute approximate surface area is 127 Å². The maximum absolute atomic E-state index is 12.1. The summed E-state index contributed by atoms with van der Waals surface area (Å²) in [7, 11) is 1.45. The molecule has 1 heterocycles. The van der Waals surface area contributed by atoms with Crippen LogP contribution in [0, 0.1) is 0 Å². The fourth-order valence-electron chi connectivity index (χ4n) is 3.13. The van der Waals surface area contributed by atoms with E-state index in [0.717, 1.165) is 18.7 Å². The van der Waals surface area contributed by atoms with E-state index in [2.05, 4.69) is 25.7 Å². The van der Waals surface area contributed by atoms with E-state index in [9.17, 15) is 4.79 Å². The van der Waals surface area contributed by atoms with Gasteiger partial charge in [-0.25, -0.2) is 0 Å². The third-order valence-corrected chi connectivity index (χ3v) is 3.77. The number of benzene rings is 1. The van der Waals surface area contributed by atoms with Crippen molar-refractivity contribution in [3.05, 3.63) is 35.9 Å². The minimum absolute atomic E-state index is 0.169. The van der Waals surface area contributed by atoms with Crippen LogP contribution in [-0.4, -0.2) is 49.3 Å². The van der Waals surface area contributed by atoms with E-state index in [1.165, 1.54) is 7.11 Å². The van der Waals surface area contributed by atoms with Gasteiger partial charge in [-0.2, -0.15) is 0 Å². The standard InChI is InChI=1S/C17H25NO3/c1-13-10-18(12-17(2,3)21-13)11-15(16(19)20-4)14-8-6-5-7-9-14/h5-9,13,15H,10-12H2,1-4H3. The number of morpholine rings is 1. The van der Waals surface area contributed by atoms with Gasteiger partial charge in [0, 0.05) is 19.6 Å². The lowest BCUT2D eigenvalue weighted by Gasteiger charge is -2.42. The Bertz CT molecular complexity index is 472. The lowest BCUT2D eigenvalue weighted by molar-refractivity contribution is -0.147. The minimum Gasteiger partial charge on any atom is -0.469 e. The number of ether oxygens (including phenoxy) is 2. The second-order valence-corrected chi connectivity index (χ2v) is 6.37. The van der Waals surface area contributed by atoms with Crippen molar-refractivity contribution in [2.45, 2.75) is 38.4 Å². The summed E-state index contributed by atoms with van der Waals surface area (Å²) in [5, 5.41) is 0. The SMILES string of the molecule is COC(=O)C(CN1CC(C)OC(C)(C)C1)c1ccccc1. The zero-order chi connectivity index (χ0) is 15.5. The number of rotatable bonds is 4. The average molecular weight is 291 g/mol. The zero-order valence-electron chi connectivity index (χ0n) is 13.3. The van der Waals surface area contributed by atoms with Gasteiger partial charge >= 0.3 is 5.97 Å². The van der Waals surface area contributed by atoms with Crippen LogP contribution in [0.5, 0.6) is 0 Å². The van der Waals surface area contributed by atoms with Crippen LogP contribution in [0.4, 0.5) is 0 Å². The van der Waals surface area contributed by atoms with Crippen molar-refractivity contribution in [1.82, 2.24) is 4.90 Å². The Hall–Kier alpha value is -1.39.